The van der Waals surface area contributed by atoms with Crippen molar-refractivity contribution in [2.75, 3.05) is 0 Å². The van der Waals surface area contributed by atoms with Crippen LogP contribution in [0.5, 0.6) is 0 Å². The van der Waals surface area contributed by atoms with Crippen LogP contribution in [-0.4, -0.2) is 11.9 Å². The molecule has 0 saturated carbocycles. The molecule has 0 radical (unpaired) electrons. The lowest BCUT2D eigenvalue weighted by Gasteiger charge is -2.07. The zero-order chi connectivity index (χ0) is 23.6. The standard InChI is InChI=1S/C28H24N2O4/c31-27(33-29-19-23-13-7-11-21-9-1-3-15-25(21)23)17-5-6-18-28(32)34-30-20-24-14-8-12-22-10-2-4-16-26(22)24/h1-18,29-30H,19-20H2/b17-5-,18-6-. The fraction of sp³-hybridized carbons (Fsp3) is 0.0714. The summed E-state index contributed by atoms with van der Waals surface area (Å²) in [7, 11) is 0. The van der Waals surface area contributed by atoms with Gasteiger partial charge < -0.3 is 9.68 Å². The van der Waals surface area contributed by atoms with Gasteiger partial charge in [0.2, 0.25) is 0 Å². The molecule has 0 amide bonds. The predicted octanol–water partition coefficient (Wildman–Crippen LogP) is 4.90. The van der Waals surface area contributed by atoms with Crippen LogP contribution in [0.1, 0.15) is 11.1 Å². The van der Waals surface area contributed by atoms with Gasteiger partial charge in [-0.1, -0.05) is 97.1 Å². The van der Waals surface area contributed by atoms with E-state index in [9.17, 15) is 9.59 Å². The maximum absolute atomic E-state index is 11.8. The summed E-state index contributed by atoms with van der Waals surface area (Å²) in [5.74, 6) is -1.15. The topological polar surface area (TPSA) is 76.7 Å². The molecule has 4 aromatic rings. The molecule has 4 rings (SSSR count). The van der Waals surface area contributed by atoms with Crippen LogP contribution in [0.15, 0.2) is 109 Å². The van der Waals surface area contributed by atoms with Crippen molar-refractivity contribution >= 4 is 33.5 Å². The molecule has 0 aliphatic heterocycles. The molecule has 0 unspecified atom stereocenters. The highest BCUT2D eigenvalue weighted by Gasteiger charge is 2.03. The lowest BCUT2D eigenvalue weighted by Crippen LogP contribution is -2.18. The first-order chi connectivity index (χ1) is 16.7. The van der Waals surface area contributed by atoms with Crippen molar-refractivity contribution in [1.82, 2.24) is 11.0 Å². The minimum absolute atomic E-state index is 0.380. The average molecular weight is 453 g/mol. The van der Waals surface area contributed by atoms with Crippen LogP contribution in [0.4, 0.5) is 0 Å². The van der Waals surface area contributed by atoms with Gasteiger partial charge in [0, 0.05) is 12.2 Å². The number of rotatable bonds is 9. The van der Waals surface area contributed by atoms with Crippen molar-refractivity contribution in [2.24, 2.45) is 0 Å². The van der Waals surface area contributed by atoms with Crippen molar-refractivity contribution in [3.05, 3.63) is 120 Å². The molecule has 0 heterocycles. The first kappa shape index (κ1) is 22.9. The van der Waals surface area contributed by atoms with E-state index >= 15 is 0 Å². The average Bonchev–Trinajstić information content (AvgIpc) is 2.87. The molecule has 6 nitrogen and oxygen atoms in total. The van der Waals surface area contributed by atoms with Gasteiger partial charge in [-0.05, 0) is 32.7 Å². The third-order valence-electron chi connectivity index (χ3n) is 5.21. The second-order valence-electron chi connectivity index (χ2n) is 7.48. The lowest BCUT2D eigenvalue weighted by atomic mass is 10.1. The van der Waals surface area contributed by atoms with Crippen LogP contribution in [0.3, 0.4) is 0 Å². The normalized spacial score (nSPS) is 11.4. The number of benzene rings is 4. The minimum atomic E-state index is -0.577. The summed E-state index contributed by atoms with van der Waals surface area (Å²) in [6, 6.07) is 27.9. The minimum Gasteiger partial charge on any atom is -0.367 e. The van der Waals surface area contributed by atoms with Crippen molar-refractivity contribution in [3.8, 4) is 0 Å². The van der Waals surface area contributed by atoms with Gasteiger partial charge in [0.15, 0.2) is 0 Å². The van der Waals surface area contributed by atoms with Gasteiger partial charge in [-0.15, -0.1) is 11.0 Å². The van der Waals surface area contributed by atoms with Gasteiger partial charge in [0.25, 0.3) is 0 Å². The van der Waals surface area contributed by atoms with Crippen LogP contribution >= 0.6 is 0 Å². The number of hydrogen-bond donors (Lipinski definition) is 2. The summed E-state index contributed by atoms with van der Waals surface area (Å²) in [6.45, 7) is 0.761. The lowest BCUT2D eigenvalue weighted by molar-refractivity contribution is -0.146. The number of nitrogens with one attached hydrogen (secondary N) is 2. The molecule has 0 fully saturated rings. The predicted molar refractivity (Wildman–Crippen MR) is 132 cm³/mol. The zero-order valence-corrected chi connectivity index (χ0v) is 18.4. The molecule has 6 heteroatoms. The summed E-state index contributed by atoms with van der Waals surface area (Å²) in [4.78, 5) is 33.7. The molecule has 0 aliphatic carbocycles. The summed E-state index contributed by atoms with van der Waals surface area (Å²) in [5, 5.41) is 4.44. The van der Waals surface area contributed by atoms with E-state index in [0.717, 1.165) is 32.7 Å². The Morgan fingerprint density at radius 1 is 0.588 bits per heavy atom. The fourth-order valence-electron chi connectivity index (χ4n) is 3.60. The highest BCUT2D eigenvalue weighted by Crippen LogP contribution is 2.19. The van der Waals surface area contributed by atoms with Gasteiger partial charge in [-0.2, -0.15) is 0 Å². The van der Waals surface area contributed by atoms with Crippen LogP contribution in [0.2, 0.25) is 0 Å². The first-order valence-electron chi connectivity index (χ1n) is 10.9. The van der Waals surface area contributed by atoms with Crippen LogP contribution in [-0.2, 0) is 32.4 Å². The van der Waals surface area contributed by atoms with Crippen molar-refractivity contribution in [2.45, 2.75) is 13.1 Å². The Balaban J connectivity index is 1.17. The van der Waals surface area contributed by atoms with Crippen molar-refractivity contribution in [1.29, 1.82) is 0 Å². The van der Waals surface area contributed by atoms with Crippen molar-refractivity contribution in [3.63, 3.8) is 0 Å². The third-order valence-corrected chi connectivity index (χ3v) is 5.21. The van der Waals surface area contributed by atoms with E-state index in [1.165, 1.54) is 24.3 Å². The van der Waals surface area contributed by atoms with Gasteiger partial charge in [-0.25, -0.2) is 9.59 Å². The van der Waals surface area contributed by atoms with E-state index in [1.807, 2.05) is 84.9 Å². The Morgan fingerprint density at radius 2 is 1.00 bits per heavy atom. The molecule has 0 aromatic heterocycles. The molecule has 0 spiro atoms. The molecule has 2 N–H and O–H groups in total. The van der Waals surface area contributed by atoms with Crippen LogP contribution in [0.25, 0.3) is 21.5 Å². The SMILES string of the molecule is O=C(/C=C\C=C/C(=O)ONCc1cccc2ccccc12)ONCc1cccc2ccccc12. The maximum Gasteiger partial charge on any atom is 0.349 e. The molecule has 34 heavy (non-hydrogen) atoms. The Labute approximate surface area is 197 Å². The molecular weight excluding hydrogens is 428 g/mol. The molecular formula is C28H24N2O4. The summed E-state index contributed by atoms with van der Waals surface area (Å²) in [5.41, 5.74) is 7.39. The maximum atomic E-state index is 11.8. The molecule has 0 atom stereocenters. The number of allylic oxidation sites excluding steroid dienone is 2. The van der Waals surface area contributed by atoms with Gasteiger partial charge >= 0.3 is 11.9 Å². The van der Waals surface area contributed by atoms with E-state index < -0.39 is 11.9 Å². The Bertz CT molecular complexity index is 1250. The van der Waals surface area contributed by atoms with Gasteiger partial charge in [0.1, 0.15) is 0 Å². The summed E-state index contributed by atoms with van der Waals surface area (Å²) in [6.07, 6.45) is 5.24. The van der Waals surface area contributed by atoms with E-state index in [2.05, 4.69) is 11.0 Å². The van der Waals surface area contributed by atoms with Gasteiger partial charge in [-0.3, -0.25) is 0 Å². The molecule has 0 saturated heterocycles. The number of carbonyl (C=O) groups is 2. The smallest absolute Gasteiger partial charge is 0.349 e. The summed E-state index contributed by atoms with van der Waals surface area (Å²) >= 11 is 0. The molecule has 0 aliphatic rings. The highest BCUT2D eigenvalue weighted by atomic mass is 16.7. The fourth-order valence-corrected chi connectivity index (χ4v) is 3.60. The highest BCUT2D eigenvalue weighted by molar-refractivity contribution is 5.87. The largest absolute Gasteiger partial charge is 0.367 e. The van der Waals surface area contributed by atoms with E-state index in [1.54, 1.807) is 0 Å². The Morgan fingerprint density at radius 3 is 1.47 bits per heavy atom. The number of hydrogen-bond acceptors (Lipinski definition) is 6. The van der Waals surface area contributed by atoms with E-state index in [4.69, 9.17) is 9.68 Å². The Kier molecular flexibility index (Phi) is 7.79. The van der Waals surface area contributed by atoms with Crippen LogP contribution in [0, 0.1) is 0 Å². The molecule has 0 bridgehead atoms. The van der Waals surface area contributed by atoms with Crippen LogP contribution < -0.4 is 11.0 Å². The van der Waals surface area contributed by atoms with E-state index in [-0.39, 0.29) is 0 Å². The third kappa shape index (κ3) is 6.16. The second-order valence-corrected chi connectivity index (χ2v) is 7.48. The number of fused-ring (bicyclic) bond motifs is 2. The summed E-state index contributed by atoms with van der Waals surface area (Å²) < 4.78 is 0. The Hall–Kier alpha value is -4.26. The van der Waals surface area contributed by atoms with E-state index in [0.29, 0.717) is 13.1 Å². The quantitative estimate of drug-likeness (QED) is 0.214. The second kappa shape index (κ2) is 11.6. The molecule has 4 aromatic carbocycles. The van der Waals surface area contributed by atoms with Gasteiger partial charge in [0.05, 0.1) is 13.1 Å². The molecule has 170 valence electrons. The zero-order valence-electron chi connectivity index (χ0n) is 18.4. The number of carbonyl (C=O) groups excluding carboxylic acids is 2. The first-order valence-corrected chi connectivity index (χ1v) is 10.9. The van der Waals surface area contributed by atoms with Crippen molar-refractivity contribution < 1.29 is 19.3 Å². The monoisotopic (exact) mass is 452 g/mol. The number of hydroxylamine groups is 2.